The van der Waals surface area contributed by atoms with Gasteiger partial charge in [-0.25, -0.2) is 4.98 Å². The summed E-state index contributed by atoms with van der Waals surface area (Å²) in [6.07, 6.45) is 0.299. The molecule has 0 aliphatic heterocycles. The molecule has 0 atom stereocenters. The van der Waals surface area contributed by atoms with Gasteiger partial charge in [-0.15, -0.1) is 11.3 Å². The smallest absolute Gasteiger partial charge is 0.264 e. The van der Waals surface area contributed by atoms with Gasteiger partial charge in [-0.05, 0) is 12.5 Å². The lowest BCUT2D eigenvalue weighted by Gasteiger charge is -2.14. The van der Waals surface area contributed by atoms with Crippen LogP contribution in [0.15, 0.2) is 0 Å². The largest absolute Gasteiger partial charge is 0.480 e. The standard InChI is InChI=1S/C15H18N4O3S/c1-9-11-13(22-4)17-10(8-21-3)18-14(11)23-12(9)15(20)19(2)7-5-6-16/h5,7-8H2,1-4H3. The first-order valence-corrected chi connectivity index (χ1v) is 7.80. The number of aryl methyl sites for hydroxylation is 1. The Bertz CT molecular complexity index is 766. The second-order valence-electron chi connectivity index (χ2n) is 4.95. The Morgan fingerprint density at radius 3 is 2.74 bits per heavy atom. The molecule has 2 rings (SSSR count). The summed E-state index contributed by atoms with van der Waals surface area (Å²) in [5.41, 5.74) is 0.791. The first kappa shape index (κ1) is 17.1. The number of amides is 1. The quantitative estimate of drug-likeness (QED) is 0.804. The maximum atomic E-state index is 12.6. The molecule has 0 radical (unpaired) electrons. The van der Waals surface area contributed by atoms with E-state index in [-0.39, 0.29) is 12.5 Å². The number of carbonyl (C=O) groups is 1. The number of rotatable bonds is 6. The molecule has 23 heavy (non-hydrogen) atoms. The van der Waals surface area contributed by atoms with Crippen LogP contribution >= 0.6 is 11.3 Å². The number of thiophene rings is 1. The number of ether oxygens (including phenoxy) is 2. The summed E-state index contributed by atoms with van der Waals surface area (Å²) in [6.45, 7) is 2.52. The molecule has 0 saturated carbocycles. The second kappa shape index (κ2) is 7.35. The Morgan fingerprint density at radius 1 is 1.39 bits per heavy atom. The van der Waals surface area contributed by atoms with Crippen LogP contribution in [0.4, 0.5) is 0 Å². The highest BCUT2D eigenvalue weighted by molar-refractivity contribution is 7.20. The van der Waals surface area contributed by atoms with Gasteiger partial charge in [0, 0.05) is 20.7 Å². The number of fused-ring (bicyclic) bond motifs is 1. The second-order valence-corrected chi connectivity index (χ2v) is 5.95. The van der Waals surface area contributed by atoms with Gasteiger partial charge in [0.1, 0.15) is 11.4 Å². The summed E-state index contributed by atoms with van der Waals surface area (Å²) in [4.78, 5) is 24.1. The molecule has 0 spiro atoms. The third kappa shape index (κ3) is 3.41. The number of methoxy groups -OCH3 is 2. The number of carbonyl (C=O) groups excluding carboxylic acids is 1. The average Bonchev–Trinajstić information content (AvgIpc) is 2.88. The highest BCUT2D eigenvalue weighted by Gasteiger charge is 2.23. The van der Waals surface area contributed by atoms with E-state index in [9.17, 15) is 4.79 Å². The van der Waals surface area contributed by atoms with Crippen LogP contribution in [0.5, 0.6) is 5.88 Å². The fourth-order valence-corrected chi connectivity index (χ4v) is 3.37. The lowest BCUT2D eigenvalue weighted by molar-refractivity contribution is 0.0802. The predicted octanol–water partition coefficient (Wildman–Crippen LogP) is 2.14. The normalized spacial score (nSPS) is 10.6. The van der Waals surface area contributed by atoms with E-state index < -0.39 is 0 Å². The summed E-state index contributed by atoms with van der Waals surface area (Å²) >= 11 is 1.30. The summed E-state index contributed by atoms with van der Waals surface area (Å²) in [6, 6.07) is 2.04. The predicted molar refractivity (Wildman–Crippen MR) is 86.6 cm³/mol. The maximum Gasteiger partial charge on any atom is 0.264 e. The van der Waals surface area contributed by atoms with Crippen molar-refractivity contribution in [2.45, 2.75) is 20.0 Å². The van der Waals surface area contributed by atoms with Crippen molar-refractivity contribution in [3.8, 4) is 11.9 Å². The minimum Gasteiger partial charge on any atom is -0.480 e. The van der Waals surface area contributed by atoms with Crippen LogP contribution in [-0.4, -0.2) is 48.6 Å². The summed E-state index contributed by atoms with van der Waals surface area (Å²) in [7, 11) is 4.79. The number of hydrogen-bond donors (Lipinski definition) is 0. The van der Waals surface area contributed by atoms with Crippen molar-refractivity contribution in [3.63, 3.8) is 0 Å². The van der Waals surface area contributed by atoms with E-state index in [1.807, 2.05) is 13.0 Å². The zero-order valence-electron chi connectivity index (χ0n) is 13.5. The Labute approximate surface area is 138 Å². The topological polar surface area (TPSA) is 88.3 Å². The van der Waals surface area contributed by atoms with Crippen molar-refractivity contribution in [3.05, 3.63) is 16.3 Å². The molecule has 0 saturated heterocycles. The van der Waals surface area contributed by atoms with Crippen molar-refractivity contribution in [2.24, 2.45) is 0 Å². The molecule has 0 bridgehead atoms. The maximum absolute atomic E-state index is 12.6. The number of nitriles is 1. The minimum absolute atomic E-state index is 0.129. The first-order valence-electron chi connectivity index (χ1n) is 6.98. The monoisotopic (exact) mass is 334 g/mol. The molecule has 0 unspecified atom stereocenters. The Morgan fingerprint density at radius 2 is 2.13 bits per heavy atom. The molecule has 0 aliphatic carbocycles. The summed E-state index contributed by atoms with van der Waals surface area (Å²) in [5, 5.41) is 9.40. The molecule has 1 amide bonds. The third-order valence-electron chi connectivity index (χ3n) is 3.37. The van der Waals surface area contributed by atoms with Crippen molar-refractivity contribution in [1.29, 1.82) is 5.26 Å². The lowest BCUT2D eigenvalue weighted by Crippen LogP contribution is -2.27. The van der Waals surface area contributed by atoms with Gasteiger partial charge >= 0.3 is 0 Å². The molecule has 8 heteroatoms. The zero-order valence-corrected chi connectivity index (χ0v) is 14.4. The van der Waals surface area contributed by atoms with Crippen LogP contribution in [0.2, 0.25) is 0 Å². The first-order chi connectivity index (χ1) is 11.0. The van der Waals surface area contributed by atoms with Crippen LogP contribution < -0.4 is 4.74 Å². The fourth-order valence-electron chi connectivity index (χ4n) is 2.18. The van der Waals surface area contributed by atoms with Gasteiger partial charge in [0.25, 0.3) is 5.91 Å². The highest BCUT2D eigenvalue weighted by atomic mass is 32.1. The average molecular weight is 334 g/mol. The van der Waals surface area contributed by atoms with E-state index in [0.29, 0.717) is 34.4 Å². The summed E-state index contributed by atoms with van der Waals surface area (Å²) in [5.74, 6) is 0.820. The van der Waals surface area contributed by atoms with E-state index in [1.54, 1.807) is 14.2 Å². The highest BCUT2D eigenvalue weighted by Crippen LogP contribution is 2.35. The van der Waals surface area contributed by atoms with Crippen molar-refractivity contribution >= 4 is 27.5 Å². The molecule has 0 N–H and O–H groups in total. The Hall–Kier alpha value is -2.24. The molecular formula is C15H18N4O3S. The lowest BCUT2D eigenvalue weighted by atomic mass is 10.2. The zero-order chi connectivity index (χ0) is 17.0. The molecular weight excluding hydrogens is 316 g/mol. The van der Waals surface area contributed by atoms with Crippen molar-refractivity contribution in [2.75, 3.05) is 27.8 Å². The van der Waals surface area contributed by atoms with Gasteiger partial charge < -0.3 is 14.4 Å². The third-order valence-corrected chi connectivity index (χ3v) is 4.54. The van der Waals surface area contributed by atoms with Gasteiger partial charge in [0.2, 0.25) is 5.88 Å². The Balaban J connectivity index is 2.48. The van der Waals surface area contributed by atoms with E-state index in [4.69, 9.17) is 14.7 Å². The fraction of sp³-hybridized carbons (Fsp3) is 0.467. The van der Waals surface area contributed by atoms with Crippen molar-refractivity contribution in [1.82, 2.24) is 14.9 Å². The number of nitrogens with zero attached hydrogens (tertiary/aromatic N) is 4. The molecule has 2 aromatic heterocycles. The minimum atomic E-state index is -0.129. The number of aromatic nitrogens is 2. The van der Waals surface area contributed by atoms with E-state index >= 15 is 0 Å². The SMILES string of the molecule is COCc1nc(OC)c2c(C)c(C(=O)N(C)CCC#N)sc2n1. The van der Waals surface area contributed by atoms with Crippen LogP contribution in [-0.2, 0) is 11.3 Å². The van der Waals surface area contributed by atoms with Gasteiger partial charge in [0.15, 0.2) is 5.82 Å². The molecule has 2 heterocycles. The molecule has 0 aromatic carbocycles. The van der Waals surface area contributed by atoms with Crippen LogP contribution in [0.3, 0.4) is 0 Å². The number of hydrogen-bond acceptors (Lipinski definition) is 7. The molecule has 122 valence electrons. The van der Waals surface area contributed by atoms with E-state index in [0.717, 1.165) is 10.9 Å². The van der Waals surface area contributed by atoms with Gasteiger partial charge in [-0.1, -0.05) is 0 Å². The van der Waals surface area contributed by atoms with Crippen LogP contribution in [0, 0.1) is 18.3 Å². The van der Waals surface area contributed by atoms with Crippen LogP contribution in [0.25, 0.3) is 10.2 Å². The van der Waals surface area contributed by atoms with Gasteiger partial charge in [0.05, 0.1) is 29.9 Å². The summed E-state index contributed by atoms with van der Waals surface area (Å²) < 4.78 is 10.4. The van der Waals surface area contributed by atoms with Gasteiger partial charge in [-0.3, -0.25) is 4.79 Å². The molecule has 0 aliphatic rings. The molecule has 7 nitrogen and oxygen atoms in total. The molecule has 0 fully saturated rings. The van der Waals surface area contributed by atoms with E-state index in [2.05, 4.69) is 9.97 Å². The van der Waals surface area contributed by atoms with E-state index in [1.165, 1.54) is 23.3 Å². The van der Waals surface area contributed by atoms with Gasteiger partial charge in [-0.2, -0.15) is 10.2 Å². The Kier molecular flexibility index (Phi) is 5.47. The van der Waals surface area contributed by atoms with Crippen molar-refractivity contribution < 1.29 is 14.3 Å². The van der Waals surface area contributed by atoms with Crippen LogP contribution in [0.1, 0.15) is 27.5 Å². The molecule has 2 aromatic rings.